The van der Waals surface area contributed by atoms with Gasteiger partial charge in [-0.25, -0.2) is 0 Å². The third-order valence-electron chi connectivity index (χ3n) is 2.18. The van der Waals surface area contributed by atoms with Crippen molar-refractivity contribution < 1.29 is 4.52 Å². The Hall–Kier alpha value is -0.550. The molecular formula is C10H19N3OS. The van der Waals surface area contributed by atoms with Crippen molar-refractivity contribution in [2.24, 2.45) is 5.73 Å². The molecule has 0 bridgehead atoms. The Bertz CT molecular complexity index is 277. The summed E-state index contributed by atoms with van der Waals surface area (Å²) in [6.07, 6.45) is 2.86. The Morgan fingerprint density at radius 2 is 2.33 bits per heavy atom. The van der Waals surface area contributed by atoms with E-state index in [1.165, 1.54) is 6.42 Å². The number of nitrogens with zero attached hydrogens (tertiary/aromatic N) is 2. The first kappa shape index (κ1) is 12.5. The maximum atomic E-state index is 5.41. The summed E-state index contributed by atoms with van der Waals surface area (Å²) in [6, 6.07) is 0. The summed E-state index contributed by atoms with van der Waals surface area (Å²) in [5.74, 6) is 2.34. The maximum absolute atomic E-state index is 5.41. The molecule has 0 saturated heterocycles. The van der Waals surface area contributed by atoms with Crippen molar-refractivity contribution in [2.45, 2.75) is 44.1 Å². The molecule has 0 aliphatic rings. The second kappa shape index (κ2) is 6.85. The van der Waals surface area contributed by atoms with Gasteiger partial charge in [0.05, 0.1) is 5.75 Å². The summed E-state index contributed by atoms with van der Waals surface area (Å²) in [7, 11) is 0. The van der Waals surface area contributed by atoms with Gasteiger partial charge in [0.15, 0.2) is 5.82 Å². The molecule has 4 nitrogen and oxygen atoms in total. The topological polar surface area (TPSA) is 64.9 Å². The fourth-order valence-corrected chi connectivity index (χ4v) is 1.82. The molecule has 0 aliphatic heterocycles. The minimum absolute atomic E-state index is 0.649. The molecule has 5 heteroatoms. The van der Waals surface area contributed by atoms with Gasteiger partial charge in [-0.05, 0) is 19.4 Å². The largest absolute Gasteiger partial charge is 0.339 e. The quantitative estimate of drug-likeness (QED) is 0.774. The summed E-state index contributed by atoms with van der Waals surface area (Å²) in [5.41, 5.74) is 5.41. The molecule has 0 amide bonds. The van der Waals surface area contributed by atoms with Gasteiger partial charge in [-0.2, -0.15) is 16.7 Å². The zero-order chi connectivity index (χ0) is 11.1. The molecule has 1 rings (SSSR count). The monoisotopic (exact) mass is 229 g/mol. The summed E-state index contributed by atoms with van der Waals surface area (Å²) in [4.78, 5) is 4.30. The highest BCUT2D eigenvalue weighted by Crippen LogP contribution is 2.18. The van der Waals surface area contributed by atoms with Gasteiger partial charge < -0.3 is 10.3 Å². The van der Waals surface area contributed by atoms with Crippen molar-refractivity contribution in [2.75, 3.05) is 6.54 Å². The SMILES string of the molecule is CCC(C)SCc1noc(CCCN)n1. The van der Waals surface area contributed by atoms with Crippen LogP contribution >= 0.6 is 11.8 Å². The Kier molecular flexibility index (Phi) is 5.71. The lowest BCUT2D eigenvalue weighted by Crippen LogP contribution is -2.00. The zero-order valence-corrected chi connectivity index (χ0v) is 10.2. The zero-order valence-electron chi connectivity index (χ0n) is 9.40. The van der Waals surface area contributed by atoms with Gasteiger partial charge in [0.2, 0.25) is 5.89 Å². The van der Waals surface area contributed by atoms with E-state index < -0.39 is 0 Å². The number of hydrogen-bond donors (Lipinski definition) is 1. The highest BCUT2D eigenvalue weighted by atomic mass is 32.2. The maximum Gasteiger partial charge on any atom is 0.226 e. The van der Waals surface area contributed by atoms with Gasteiger partial charge in [0, 0.05) is 11.7 Å². The summed E-state index contributed by atoms with van der Waals surface area (Å²) >= 11 is 1.86. The van der Waals surface area contributed by atoms with Crippen molar-refractivity contribution >= 4 is 11.8 Å². The highest BCUT2D eigenvalue weighted by Gasteiger charge is 2.07. The molecule has 1 heterocycles. The highest BCUT2D eigenvalue weighted by molar-refractivity contribution is 7.99. The van der Waals surface area contributed by atoms with E-state index in [-0.39, 0.29) is 0 Å². The molecule has 0 saturated carbocycles. The average molecular weight is 229 g/mol. The number of thioether (sulfide) groups is 1. The normalized spacial score (nSPS) is 13.0. The van der Waals surface area contributed by atoms with Crippen LogP contribution in [0.1, 0.15) is 38.4 Å². The molecule has 15 heavy (non-hydrogen) atoms. The van der Waals surface area contributed by atoms with Crippen LogP contribution in [0.3, 0.4) is 0 Å². The van der Waals surface area contributed by atoms with Gasteiger partial charge in [0.1, 0.15) is 0 Å². The second-order valence-corrected chi connectivity index (χ2v) is 4.95. The smallest absolute Gasteiger partial charge is 0.226 e. The van der Waals surface area contributed by atoms with Gasteiger partial charge >= 0.3 is 0 Å². The van der Waals surface area contributed by atoms with Crippen molar-refractivity contribution in [1.29, 1.82) is 0 Å². The van der Waals surface area contributed by atoms with Crippen LogP contribution < -0.4 is 5.73 Å². The first-order valence-corrected chi connectivity index (χ1v) is 6.44. The Balaban J connectivity index is 2.32. The molecule has 0 fully saturated rings. The van der Waals surface area contributed by atoms with Crippen LogP contribution in [0.4, 0.5) is 0 Å². The number of rotatable bonds is 7. The number of nitrogens with two attached hydrogens (primary N) is 1. The third kappa shape index (κ3) is 4.66. The fraction of sp³-hybridized carbons (Fsp3) is 0.800. The van der Waals surface area contributed by atoms with E-state index in [9.17, 15) is 0 Å². The lowest BCUT2D eigenvalue weighted by molar-refractivity contribution is 0.372. The molecule has 2 N–H and O–H groups in total. The number of hydrogen-bond acceptors (Lipinski definition) is 5. The van der Waals surface area contributed by atoms with E-state index >= 15 is 0 Å². The van der Waals surface area contributed by atoms with Gasteiger partial charge in [-0.3, -0.25) is 0 Å². The van der Waals surface area contributed by atoms with Crippen LogP contribution in [-0.2, 0) is 12.2 Å². The summed E-state index contributed by atoms with van der Waals surface area (Å²) in [6.45, 7) is 5.06. The number of aromatic nitrogens is 2. The molecule has 86 valence electrons. The van der Waals surface area contributed by atoms with Crippen molar-refractivity contribution in [3.8, 4) is 0 Å². The van der Waals surface area contributed by atoms with E-state index in [0.29, 0.717) is 17.7 Å². The predicted octanol–water partition coefficient (Wildman–Crippen LogP) is 1.99. The third-order valence-corrected chi connectivity index (χ3v) is 3.50. The Morgan fingerprint density at radius 1 is 1.53 bits per heavy atom. The fourth-order valence-electron chi connectivity index (χ4n) is 1.04. The molecule has 0 spiro atoms. The first-order chi connectivity index (χ1) is 7.26. The summed E-state index contributed by atoms with van der Waals surface area (Å²) < 4.78 is 5.10. The van der Waals surface area contributed by atoms with Gasteiger partial charge in [0.25, 0.3) is 0 Å². The Morgan fingerprint density at radius 3 is 3.00 bits per heavy atom. The van der Waals surface area contributed by atoms with Crippen LogP contribution in [0, 0.1) is 0 Å². The second-order valence-electron chi connectivity index (χ2n) is 3.53. The molecule has 1 aromatic rings. The van der Waals surface area contributed by atoms with Crippen molar-refractivity contribution in [1.82, 2.24) is 10.1 Å². The standard InChI is InChI=1S/C10H19N3OS/c1-3-8(2)15-7-9-12-10(14-13-9)5-4-6-11/h8H,3-7,11H2,1-2H3. The van der Waals surface area contributed by atoms with E-state index in [2.05, 4.69) is 24.0 Å². The van der Waals surface area contributed by atoms with Crippen molar-refractivity contribution in [3.05, 3.63) is 11.7 Å². The van der Waals surface area contributed by atoms with E-state index in [1.54, 1.807) is 0 Å². The van der Waals surface area contributed by atoms with E-state index in [0.717, 1.165) is 24.4 Å². The van der Waals surface area contributed by atoms with E-state index in [4.69, 9.17) is 10.3 Å². The van der Waals surface area contributed by atoms with Crippen LogP contribution in [0.2, 0.25) is 0 Å². The lowest BCUT2D eigenvalue weighted by Gasteiger charge is -2.04. The molecule has 0 aliphatic carbocycles. The molecule has 1 unspecified atom stereocenters. The predicted molar refractivity (Wildman–Crippen MR) is 62.7 cm³/mol. The van der Waals surface area contributed by atoms with Gasteiger partial charge in [-0.15, -0.1) is 0 Å². The van der Waals surface area contributed by atoms with Crippen molar-refractivity contribution in [3.63, 3.8) is 0 Å². The van der Waals surface area contributed by atoms with E-state index in [1.807, 2.05) is 11.8 Å². The van der Waals surface area contributed by atoms with Crippen LogP contribution in [-0.4, -0.2) is 21.9 Å². The minimum Gasteiger partial charge on any atom is -0.339 e. The van der Waals surface area contributed by atoms with Crippen LogP contribution in [0.15, 0.2) is 4.52 Å². The first-order valence-electron chi connectivity index (χ1n) is 5.39. The lowest BCUT2D eigenvalue weighted by atomic mass is 10.3. The van der Waals surface area contributed by atoms with Crippen LogP contribution in [0.25, 0.3) is 0 Å². The van der Waals surface area contributed by atoms with Crippen LogP contribution in [0.5, 0.6) is 0 Å². The molecule has 0 radical (unpaired) electrons. The molecule has 1 aromatic heterocycles. The molecular weight excluding hydrogens is 210 g/mol. The molecule has 0 aromatic carbocycles. The summed E-state index contributed by atoms with van der Waals surface area (Å²) in [5, 5.41) is 4.58. The minimum atomic E-state index is 0.649. The molecule has 1 atom stereocenters. The van der Waals surface area contributed by atoms with Gasteiger partial charge in [-0.1, -0.05) is 19.0 Å². The number of aryl methyl sites for hydroxylation is 1. The Labute approximate surface area is 95.0 Å². The average Bonchev–Trinajstić information content (AvgIpc) is 2.71.